The molecule has 2 rings (SSSR count). The smallest absolute Gasteiger partial charge is 0.358 e. The average molecular weight is 218 g/mol. The zero-order chi connectivity index (χ0) is 11.4. The molecule has 82 valence electrons. The van der Waals surface area contributed by atoms with Crippen molar-refractivity contribution >= 4 is 5.97 Å². The van der Waals surface area contributed by atoms with Crippen LogP contribution in [0.15, 0.2) is 30.9 Å². The normalized spacial score (nSPS) is 10.1. The highest BCUT2D eigenvalue weighted by molar-refractivity contribution is 5.87. The van der Waals surface area contributed by atoms with Gasteiger partial charge in [-0.15, -0.1) is 0 Å². The van der Waals surface area contributed by atoms with E-state index in [0.717, 1.165) is 0 Å². The van der Waals surface area contributed by atoms with E-state index in [1.54, 1.807) is 31.5 Å². The molecule has 0 N–H and O–H groups in total. The summed E-state index contributed by atoms with van der Waals surface area (Å²) in [6, 6.07) is 3.28. The number of hydrogen-bond donors (Lipinski definition) is 0. The third-order valence-corrected chi connectivity index (χ3v) is 1.87. The largest absolute Gasteiger partial charge is 0.461 e. The Morgan fingerprint density at radius 1 is 1.50 bits per heavy atom. The molecule has 0 fully saturated rings. The molecular formula is C10H10N4O2. The number of rotatable bonds is 3. The van der Waals surface area contributed by atoms with Gasteiger partial charge in [-0.25, -0.2) is 19.4 Å². The molecule has 2 aromatic rings. The van der Waals surface area contributed by atoms with Crippen LogP contribution in [-0.4, -0.2) is 32.3 Å². The van der Waals surface area contributed by atoms with Crippen molar-refractivity contribution in [3.8, 4) is 5.82 Å². The predicted molar refractivity (Wildman–Crippen MR) is 55.1 cm³/mol. The van der Waals surface area contributed by atoms with Crippen LogP contribution in [0.4, 0.5) is 0 Å². The van der Waals surface area contributed by atoms with E-state index in [1.807, 2.05) is 0 Å². The Morgan fingerprint density at radius 2 is 2.38 bits per heavy atom. The van der Waals surface area contributed by atoms with Crippen LogP contribution in [-0.2, 0) is 4.74 Å². The number of hydrogen-bond acceptors (Lipinski definition) is 5. The van der Waals surface area contributed by atoms with E-state index >= 15 is 0 Å². The van der Waals surface area contributed by atoms with Gasteiger partial charge < -0.3 is 4.74 Å². The second-order valence-corrected chi connectivity index (χ2v) is 2.93. The molecule has 0 aliphatic rings. The molecule has 0 unspecified atom stereocenters. The summed E-state index contributed by atoms with van der Waals surface area (Å²) in [7, 11) is 0. The molecule has 6 nitrogen and oxygen atoms in total. The molecule has 16 heavy (non-hydrogen) atoms. The fourth-order valence-electron chi connectivity index (χ4n) is 1.18. The summed E-state index contributed by atoms with van der Waals surface area (Å²) in [5.41, 5.74) is 0.264. The summed E-state index contributed by atoms with van der Waals surface area (Å²) in [4.78, 5) is 19.2. The summed E-state index contributed by atoms with van der Waals surface area (Å²) in [5, 5.41) is 4.05. The van der Waals surface area contributed by atoms with Crippen LogP contribution in [0, 0.1) is 0 Å². The van der Waals surface area contributed by atoms with E-state index in [4.69, 9.17) is 4.74 Å². The van der Waals surface area contributed by atoms with Gasteiger partial charge in [-0.05, 0) is 13.0 Å². The summed E-state index contributed by atoms with van der Waals surface area (Å²) in [6.07, 6.45) is 4.67. The van der Waals surface area contributed by atoms with E-state index < -0.39 is 5.97 Å². The summed E-state index contributed by atoms with van der Waals surface area (Å²) >= 11 is 0. The second-order valence-electron chi connectivity index (χ2n) is 2.93. The lowest BCUT2D eigenvalue weighted by Crippen LogP contribution is -2.07. The zero-order valence-electron chi connectivity index (χ0n) is 8.70. The van der Waals surface area contributed by atoms with Crippen molar-refractivity contribution in [1.29, 1.82) is 0 Å². The Hall–Kier alpha value is -2.24. The maximum absolute atomic E-state index is 11.4. The third kappa shape index (κ3) is 2.05. The van der Waals surface area contributed by atoms with Crippen LogP contribution in [0.25, 0.3) is 5.82 Å². The molecule has 6 heteroatoms. The maximum Gasteiger partial charge on any atom is 0.358 e. The van der Waals surface area contributed by atoms with Gasteiger partial charge >= 0.3 is 5.97 Å². The predicted octanol–water partition coefficient (Wildman–Crippen LogP) is 0.839. The molecule has 0 bridgehead atoms. The highest BCUT2D eigenvalue weighted by Crippen LogP contribution is 2.04. The van der Waals surface area contributed by atoms with E-state index in [0.29, 0.717) is 12.4 Å². The standard InChI is InChI=1S/C10H10N4O2/c1-2-16-10(15)8-4-6-14(13-8)9-3-5-11-7-12-9/h3-7H,2H2,1H3. The fourth-order valence-corrected chi connectivity index (χ4v) is 1.18. The molecule has 2 aromatic heterocycles. The van der Waals surface area contributed by atoms with E-state index in [-0.39, 0.29) is 5.69 Å². The molecule has 0 aliphatic heterocycles. The van der Waals surface area contributed by atoms with Crippen molar-refractivity contribution in [2.45, 2.75) is 6.92 Å². The first-order valence-electron chi connectivity index (χ1n) is 4.80. The van der Waals surface area contributed by atoms with Gasteiger partial charge in [0.1, 0.15) is 6.33 Å². The van der Waals surface area contributed by atoms with Crippen molar-refractivity contribution in [2.24, 2.45) is 0 Å². The Bertz CT molecular complexity index is 481. The lowest BCUT2D eigenvalue weighted by molar-refractivity contribution is 0.0519. The Balaban J connectivity index is 2.23. The number of aromatic nitrogens is 4. The minimum absolute atomic E-state index is 0.264. The quantitative estimate of drug-likeness (QED) is 0.714. The summed E-state index contributed by atoms with van der Waals surface area (Å²) in [6.45, 7) is 2.08. The number of carbonyl (C=O) groups excluding carboxylic acids is 1. The fraction of sp³-hybridized carbons (Fsp3) is 0.200. The number of ether oxygens (including phenoxy) is 1. The lowest BCUT2D eigenvalue weighted by atomic mass is 10.4. The Labute approximate surface area is 91.9 Å². The third-order valence-electron chi connectivity index (χ3n) is 1.87. The van der Waals surface area contributed by atoms with Gasteiger partial charge in [-0.3, -0.25) is 0 Å². The number of esters is 1. The average Bonchev–Trinajstić information content (AvgIpc) is 2.80. The monoisotopic (exact) mass is 218 g/mol. The molecular weight excluding hydrogens is 208 g/mol. The molecule has 2 heterocycles. The number of nitrogens with zero attached hydrogens (tertiary/aromatic N) is 4. The van der Waals surface area contributed by atoms with Crippen molar-refractivity contribution < 1.29 is 9.53 Å². The molecule has 0 aliphatic carbocycles. The van der Waals surface area contributed by atoms with E-state index in [2.05, 4.69) is 15.1 Å². The van der Waals surface area contributed by atoms with Crippen LogP contribution >= 0.6 is 0 Å². The van der Waals surface area contributed by atoms with Gasteiger partial charge in [0.2, 0.25) is 0 Å². The Kier molecular flexibility index (Phi) is 2.90. The first-order valence-corrected chi connectivity index (χ1v) is 4.80. The minimum Gasteiger partial charge on any atom is -0.461 e. The molecule has 0 saturated carbocycles. The molecule has 0 saturated heterocycles. The van der Waals surface area contributed by atoms with Crippen molar-refractivity contribution in [3.05, 3.63) is 36.5 Å². The topological polar surface area (TPSA) is 69.9 Å². The highest BCUT2D eigenvalue weighted by atomic mass is 16.5. The van der Waals surface area contributed by atoms with Crippen molar-refractivity contribution in [3.63, 3.8) is 0 Å². The van der Waals surface area contributed by atoms with Crippen molar-refractivity contribution in [1.82, 2.24) is 19.7 Å². The van der Waals surface area contributed by atoms with E-state index in [1.165, 1.54) is 11.0 Å². The summed E-state index contributed by atoms with van der Waals surface area (Å²) < 4.78 is 6.32. The SMILES string of the molecule is CCOC(=O)c1ccn(-c2ccncn2)n1. The van der Waals surface area contributed by atoms with Gasteiger partial charge in [0, 0.05) is 18.5 Å². The van der Waals surface area contributed by atoms with E-state index in [9.17, 15) is 4.79 Å². The van der Waals surface area contributed by atoms with Gasteiger partial charge in [0.15, 0.2) is 11.5 Å². The highest BCUT2D eigenvalue weighted by Gasteiger charge is 2.10. The van der Waals surface area contributed by atoms with Gasteiger partial charge in [-0.2, -0.15) is 5.10 Å². The summed E-state index contributed by atoms with van der Waals surface area (Å²) in [5.74, 6) is 0.167. The second kappa shape index (κ2) is 4.52. The molecule has 0 aromatic carbocycles. The maximum atomic E-state index is 11.4. The minimum atomic E-state index is -0.435. The molecule has 0 atom stereocenters. The molecule has 0 radical (unpaired) electrons. The first kappa shape index (κ1) is 10.3. The van der Waals surface area contributed by atoms with Crippen LogP contribution in [0.5, 0.6) is 0 Å². The lowest BCUT2D eigenvalue weighted by Gasteiger charge is -1.98. The Morgan fingerprint density at radius 3 is 3.06 bits per heavy atom. The van der Waals surface area contributed by atoms with Crippen molar-refractivity contribution in [2.75, 3.05) is 6.61 Å². The van der Waals surface area contributed by atoms with Gasteiger partial charge in [-0.1, -0.05) is 0 Å². The zero-order valence-corrected chi connectivity index (χ0v) is 8.70. The first-order chi connectivity index (χ1) is 7.81. The van der Waals surface area contributed by atoms with Gasteiger partial charge in [0.05, 0.1) is 6.61 Å². The van der Waals surface area contributed by atoms with Crippen LogP contribution < -0.4 is 0 Å². The van der Waals surface area contributed by atoms with Gasteiger partial charge in [0.25, 0.3) is 0 Å². The van der Waals surface area contributed by atoms with Crippen LogP contribution in [0.3, 0.4) is 0 Å². The molecule has 0 spiro atoms. The van der Waals surface area contributed by atoms with Crippen LogP contribution in [0.1, 0.15) is 17.4 Å². The number of carbonyl (C=O) groups is 1. The van der Waals surface area contributed by atoms with Crippen LogP contribution in [0.2, 0.25) is 0 Å². The molecule has 0 amide bonds.